The van der Waals surface area contributed by atoms with Crippen LogP contribution in [0.2, 0.25) is 0 Å². The molecule has 0 spiro atoms. The average molecular weight is 301 g/mol. The van der Waals surface area contributed by atoms with E-state index in [0.29, 0.717) is 5.92 Å². The van der Waals surface area contributed by atoms with Gasteiger partial charge >= 0.3 is 0 Å². The van der Waals surface area contributed by atoms with E-state index in [2.05, 4.69) is 78.0 Å². The summed E-state index contributed by atoms with van der Waals surface area (Å²) in [6.07, 6.45) is 7.08. The first kappa shape index (κ1) is 20.7. The Morgan fingerprint density at radius 2 is 1.27 bits per heavy atom. The first-order valence-electron chi connectivity index (χ1n) is 8.83. The fraction of sp³-hybridized carbons (Fsp3) is 0.545. The van der Waals surface area contributed by atoms with Gasteiger partial charge in [0.2, 0.25) is 0 Å². The third-order valence-corrected chi connectivity index (χ3v) is 3.88. The molecule has 0 nitrogen and oxygen atoms in total. The smallest absolute Gasteiger partial charge is 0.0219 e. The Bertz CT molecular complexity index is 455. The molecule has 0 radical (unpaired) electrons. The maximum absolute atomic E-state index is 2.28. The summed E-state index contributed by atoms with van der Waals surface area (Å²) in [7, 11) is 0. The SMILES string of the molecule is CC.CC1=CC=C(C(C)C)CC1.Cc1ccc(C(C)C)cc1. The zero-order chi connectivity index (χ0) is 17.1. The summed E-state index contributed by atoms with van der Waals surface area (Å²) in [6.45, 7) is 17.3. The number of hydrogen-bond acceptors (Lipinski definition) is 0. The predicted octanol–water partition coefficient (Wildman–Crippen LogP) is 7.45. The van der Waals surface area contributed by atoms with Gasteiger partial charge in [-0.05, 0) is 44.1 Å². The molecule has 1 aromatic carbocycles. The lowest BCUT2D eigenvalue weighted by Gasteiger charge is -2.14. The van der Waals surface area contributed by atoms with Crippen molar-refractivity contribution < 1.29 is 0 Å². The highest BCUT2D eigenvalue weighted by Gasteiger charge is 2.05. The fourth-order valence-corrected chi connectivity index (χ4v) is 2.19. The summed E-state index contributed by atoms with van der Waals surface area (Å²) in [5.41, 5.74) is 5.88. The molecule has 0 bridgehead atoms. The third-order valence-electron chi connectivity index (χ3n) is 3.88. The molecule has 0 aliphatic heterocycles. The zero-order valence-electron chi connectivity index (χ0n) is 16.0. The number of allylic oxidation sites excluding steroid dienone is 4. The van der Waals surface area contributed by atoms with E-state index in [1.54, 1.807) is 5.57 Å². The second kappa shape index (κ2) is 11.3. The minimum absolute atomic E-state index is 0.653. The topological polar surface area (TPSA) is 0 Å². The molecule has 124 valence electrons. The molecule has 0 amide bonds. The molecular formula is C22H36. The highest BCUT2D eigenvalue weighted by atomic mass is 14.1. The van der Waals surface area contributed by atoms with E-state index in [1.165, 1.54) is 29.5 Å². The molecule has 0 aromatic heterocycles. The van der Waals surface area contributed by atoms with Crippen LogP contribution >= 0.6 is 0 Å². The van der Waals surface area contributed by atoms with Crippen LogP contribution in [0.1, 0.15) is 78.4 Å². The van der Waals surface area contributed by atoms with Crippen LogP contribution in [0.3, 0.4) is 0 Å². The molecule has 0 N–H and O–H groups in total. The van der Waals surface area contributed by atoms with Crippen molar-refractivity contribution in [1.29, 1.82) is 0 Å². The van der Waals surface area contributed by atoms with Gasteiger partial charge in [-0.2, -0.15) is 0 Å². The van der Waals surface area contributed by atoms with Crippen LogP contribution in [-0.4, -0.2) is 0 Å². The van der Waals surface area contributed by atoms with Gasteiger partial charge in [-0.1, -0.05) is 94.7 Å². The standard InChI is InChI=1S/C10H16.C10H14.C2H6/c2*1-8(2)10-6-4-9(3)5-7-10;1-2/h4,6,8H,5,7H2,1-3H3;4-8H,1-3H3;1-2H3. The number of benzene rings is 1. The minimum Gasteiger partial charge on any atom is -0.0730 e. The lowest BCUT2D eigenvalue weighted by molar-refractivity contribution is 0.700. The highest BCUT2D eigenvalue weighted by molar-refractivity contribution is 5.24. The first-order chi connectivity index (χ1) is 10.4. The second-order valence-corrected chi connectivity index (χ2v) is 6.47. The Morgan fingerprint density at radius 1 is 0.727 bits per heavy atom. The normalized spacial score (nSPS) is 13.5. The molecule has 0 heteroatoms. The van der Waals surface area contributed by atoms with E-state index in [0.717, 1.165) is 5.92 Å². The number of rotatable bonds is 2. The van der Waals surface area contributed by atoms with E-state index >= 15 is 0 Å². The van der Waals surface area contributed by atoms with Crippen molar-refractivity contribution in [2.45, 2.75) is 74.1 Å². The summed E-state index contributed by atoms with van der Waals surface area (Å²) in [6, 6.07) is 8.71. The van der Waals surface area contributed by atoms with E-state index in [9.17, 15) is 0 Å². The Kier molecular flexibility index (Phi) is 10.6. The molecule has 1 aliphatic carbocycles. The zero-order valence-corrected chi connectivity index (χ0v) is 16.0. The summed E-state index contributed by atoms with van der Waals surface area (Å²) in [4.78, 5) is 0. The number of aryl methyl sites for hydroxylation is 1. The van der Waals surface area contributed by atoms with Crippen molar-refractivity contribution >= 4 is 0 Å². The largest absolute Gasteiger partial charge is 0.0730 e. The van der Waals surface area contributed by atoms with E-state index in [4.69, 9.17) is 0 Å². The van der Waals surface area contributed by atoms with Crippen molar-refractivity contribution in [3.05, 3.63) is 58.7 Å². The van der Waals surface area contributed by atoms with E-state index < -0.39 is 0 Å². The number of hydrogen-bond donors (Lipinski definition) is 0. The maximum Gasteiger partial charge on any atom is -0.0219 e. The van der Waals surface area contributed by atoms with Gasteiger partial charge in [-0.3, -0.25) is 0 Å². The van der Waals surface area contributed by atoms with Crippen LogP contribution in [0.15, 0.2) is 47.6 Å². The molecule has 0 heterocycles. The molecule has 1 aromatic rings. The van der Waals surface area contributed by atoms with Gasteiger partial charge in [0.1, 0.15) is 0 Å². The van der Waals surface area contributed by atoms with Crippen molar-refractivity contribution in [3.8, 4) is 0 Å². The average Bonchev–Trinajstić information content (AvgIpc) is 2.51. The monoisotopic (exact) mass is 300 g/mol. The quantitative estimate of drug-likeness (QED) is 0.532. The molecule has 22 heavy (non-hydrogen) atoms. The van der Waals surface area contributed by atoms with Gasteiger partial charge in [0.25, 0.3) is 0 Å². The van der Waals surface area contributed by atoms with Crippen molar-refractivity contribution in [3.63, 3.8) is 0 Å². The molecule has 0 saturated carbocycles. The van der Waals surface area contributed by atoms with Crippen LogP contribution in [0.4, 0.5) is 0 Å². The Morgan fingerprint density at radius 3 is 1.64 bits per heavy atom. The Balaban J connectivity index is 0.000000360. The van der Waals surface area contributed by atoms with Crippen molar-refractivity contribution in [1.82, 2.24) is 0 Å². The predicted molar refractivity (Wildman–Crippen MR) is 103 cm³/mol. The molecule has 0 fully saturated rings. The fourth-order valence-electron chi connectivity index (χ4n) is 2.19. The third kappa shape index (κ3) is 8.22. The van der Waals surface area contributed by atoms with Gasteiger partial charge in [0.15, 0.2) is 0 Å². The van der Waals surface area contributed by atoms with Gasteiger partial charge in [-0.15, -0.1) is 0 Å². The molecule has 1 aliphatic rings. The Hall–Kier alpha value is -1.30. The van der Waals surface area contributed by atoms with Crippen molar-refractivity contribution in [2.24, 2.45) is 5.92 Å². The maximum atomic E-state index is 2.28. The summed E-state index contributed by atoms with van der Waals surface area (Å²) in [5.74, 6) is 1.39. The van der Waals surface area contributed by atoms with Crippen LogP contribution in [0.5, 0.6) is 0 Å². The van der Waals surface area contributed by atoms with E-state index in [1.807, 2.05) is 13.8 Å². The van der Waals surface area contributed by atoms with E-state index in [-0.39, 0.29) is 0 Å². The summed E-state index contributed by atoms with van der Waals surface area (Å²) in [5, 5.41) is 0. The molecule has 0 atom stereocenters. The van der Waals surface area contributed by atoms with Crippen LogP contribution in [-0.2, 0) is 0 Å². The van der Waals surface area contributed by atoms with Crippen LogP contribution in [0.25, 0.3) is 0 Å². The van der Waals surface area contributed by atoms with Crippen LogP contribution < -0.4 is 0 Å². The molecule has 0 saturated heterocycles. The van der Waals surface area contributed by atoms with Gasteiger partial charge < -0.3 is 0 Å². The lowest BCUT2D eigenvalue weighted by Crippen LogP contribution is -1.97. The summed E-state index contributed by atoms with van der Waals surface area (Å²) >= 11 is 0. The van der Waals surface area contributed by atoms with Crippen LogP contribution in [0, 0.1) is 12.8 Å². The van der Waals surface area contributed by atoms with Gasteiger partial charge in [0.05, 0.1) is 0 Å². The first-order valence-corrected chi connectivity index (χ1v) is 8.83. The molecular weight excluding hydrogens is 264 g/mol. The van der Waals surface area contributed by atoms with Gasteiger partial charge in [0, 0.05) is 0 Å². The minimum atomic E-state index is 0.653. The van der Waals surface area contributed by atoms with Crippen molar-refractivity contribution in [2.75, 3.05) is 0 Å². The Labute approximate surface area is 139 Å². The highest BCUT2D eigenvalue weighted by Crippen LogP contribution is 2.23. The lowest BCUT2D eigenvalue weighted by atomic mass is 9.92. The molecule has 0 unspecified atom stereocenters. The van der Waals surface area contributed by atoms with Gasteiger partial charge in [-0.25, -0.2) is 0 Å². The summed E-state index contributed by atoms with van der Waals surface area (Å²) < 4.78 is 0. The second-order valence-electron chi connectivity index (χ2n) is 6.47. The molecule has 2 rings (SSSR count).